The Balaban J connectivity index is 1.24. The summed E-state index contributed by atoms with van der Waals surface area (Å²) in [6, 6.07) is 20.9. The molecule has 5 aromatic rings. The fourth-order valence-electron chi connectivity index (χ4n) is 5.18. The number of rotatable bonds is 10. The molecule has 6 rings (SSSR count). The second-order valence-electron chi connectivity index (χ2n) is 10.8. The van der Waals surface area contributed by atoms with E-state index < -0.39 is 10.8 Å². The number of aryl methyl sites for hydroxylation is 2. The monoisotopic (exact) mass is 669 g/mol. The van der Waals surface area contributed by atoms with E-state index in [0.717, 1.165) is 33.0 Å². The Bertz CT molecular complexity index is 1980. The van der Waals surface area contributed by atoms with E-state index >= 15 is 0 Å². The third-order valence-electron chi connectivity index (χ3n) is 7.60. The van der Waals surface area contributed by atoms with E-state index in [1.54, 1.807) is 23.5 Å². The number of non-ortho nitro benzene ring substituents is 1. The van der Waals surface area contributed by atoms with Gasteiger partial charge in [0.05, 0.1) is 39.5 Å². The zero-order valence-electron chi connectivity index (χ0n) is 25.3. The van der Waals surface area contributed by atoms with Crippen LogP contribution >= 0.6 is 23.1 Å². The first kappa shape index (κ1) is 31.8. The highest BCUT2D eigenvalue weighted by atomic mass is 32.2. The van der Waals surface area contributed by atoms with Crippen molar-refractivity contribution in [3.05, 3.63) is 133 Å². The Kier molecular flexibility index (Phi) is 9.22. The fraction of sp³-hybridized carbons (Fsp3) is 0.182. The summed E-state index contributed by atoms with van der Waals surface area (Å²) >= 11 is 2.74. The van der Waals surface area contributed by atoms with Crippen LogP contribution in [0.4, 0.5) is 10.1 Å². The summed E-state index contributed by atoms with van der Waals surface area (Å²) in [5.74, 6) is -0.603. The molecule has 0 saturated heterocycles. The molecule has 3 aromatic carbocycles. The average Bonchev–Trinajstić information content (AvgIpc) is 3.84. The smallest absolute Gasteiger partial charge is 0.269 e. The number of hydrogen-bond acceptors (Lipinski definition) is 9. The summed E-state index contributed by atoms with van der Waals surface area (Å²) in [5.41, 5.74) is 4.46. The normalized spacial score (nSPS) is 14.2. The van der Waals surface area contributed by atoms with Crippen molar-refractivity contribution in [2.24, 2.45) is 5.10 Å². The summed E-state index contributed by atoms with van der Waals surface area (Å²) in [5, 5.41) is 31.1. The first-order valence-corrected chi connectivity index (χ1v) is 16.4. The van der Waals surface area contributed by atoms with Gasteiger partial charge in [-0.15, -0.1) is 21.5 Å². The third kappa shape index (κ3) is 6.98. The molecule has 1 N–H and O–H groups in total. The van der Waals surface area contributed by atoms with Gasteiger partial charge in [-0.2, -0.15) is 5.10 Å². The van der Waals surface area contributed by atoms with Crippen LogP contribution in [-0.2, 0) is 11.3 Å². The number of carbonyl (C=O) groups is 2. The van der Waals surface area contributed by atoms with E-state index in [4.69, 9.17) is 5.10 Å². The molecule has 0 aliphatic carbocycles. The van der Waals surface area contributed by atoms with E-state index in [1.807, 2.05) is 54.1 Å². The van der Waals surface area contributed by atoms with E-state index in [0.29, 0.717) is 17.4 Å². The molecule has 1 aliphatic heterocycles. The van der Waals surface area contributed by atoms with Gasteiger partial charge in [0.25, 0.3) is 17.5 Å². The lowest BCUT2D eigenvalue weighted by Crippen LogP contribution is -2.28. The molecule has 0 fully saturated rings. The Labute approximate surface area is 277 Å². The number of nitrogens with one attached hydrogen (secondary N) is 1. The number of aromatic nitrogens is 3. The Morgan fingerprint density at radius 1 is 1.06 bits per heavy atom. The highest BCUT2D eigenvalue weighted by molar-refractivity contribution is 7.99. The molecule has 0 bridgehead atoms. The maximum Gasteiger partial charge on any atom is 0.269 e. The van der Waals surface area contributed by atoms with E-state index in [-0.39, 0.29) is 41.3 Å². The largest absolute Gasteiger partial charge is 0.345 e. The van der Waals surface area contributed by atoms with Gasteiger partial charge in [-0.05, 0) is 72.3 Å². The molecule has 0 saturated carbocycles. The minimum Gasteiger partial charge on any atom is -0.345 e. The lowest BCUT2D eigenvalue weighted by Gasteiger charge is -2.22. The van der Waals surface area contributed by atoms with Crippen molar-refractivity contribution in [3.63, 3.8) is 0 Å². The molecule has 3 heterocycles. The first-order valence-electron chi connectivity index (χ1n) is 14.5. The van der Waals surface area contributed by atoms with Crippen LogP contribution < -0.4 is 5.32 Å². The van der Waals surface area contributed by atoms with E-state index in [9.17, 15) is 24.1 Å². The molecule has 0 radical (unpaired) electrons. The molecule has 14 heteroatoms. The van der Waals surface area contributed by atoms with Crippen LogP contribution in [0.3, 0.4) is 0 Å². The summed E-state index contributed by atoms with van der Waals surface area (Å²) in [4.78, 5) is 38.1. The van der Waals surface area contributed by atoms with Gasteiger partial charge in [0, 0.05) is 24.1 Å². The van der Waals surface area contributed by atoms with Gasteiger partial charge in [0.2, 0.25) is 0 Å². The van der Waals surface area contributed by atoms with Crippen molar-refractivity contribution in [1.82, 2.24) is 25.1 Å². The summed E-state index contributed by atoms with van der Waals surface area (Å²) in [6.45, 7) is 3.93. The van der Waals surface area contributed by atoms with Crippen LogP contribution in [0, 0.1) is 29.8 Å². The number of hydrogen-bond donors (Lipinski definition) is 1. The number of nitro groups is 1. The van der Waals surface area contributed by atoms with Crippen molar-refractivity contribution >= 4 is 46.3 Å². The van der Waals surface area contributed by atoms with E-state index in [1.165, 1.54) is 53.2 Å². The number of thioether (sulfide) groups is 1. The number of amides is 2. The highest BCUT2D eigenvalue weighted by Crippen LogP contribution is 2.35. The van der Waals surface area contributed by atoms with Crippen LogP contribution in [0.5, 0.6) is 0 Å². The zero-order chi connectivity index (χ0) is 33.1. The molecular formula is C33H28FN7O4S2. The summed E-state index contributed by atoms with van der Waals surface area (Å²) in [7, 11) is 0. The Hall–Kier alpha value is -5.21. The minimum atomic E-state index is -0.528. The predicted molar refractivity (Wildman–Crippen MR) is 177 cm³/mol. The van der Waals surface area contributed by atoms with Crippen LogP contribution in [0.1, 0.15) is 50.2 Å². The number of hydrazone groups is 1. The van der Waals surface area contributed by atoms with Crippen LogP contribution in [-0.4, -0.2) is 48.0 Å². The van der Waals surface area contributed by atoms with Gasteiger partial charge in [-0.25, -0.2) is 9.40 Å². The van der Waals surface area contributed by atoms with Gasteiger partial charge in [0.15, 0.2) is 11.0 Å². The molecule has 238 valence electrons. The molecule has 47 heavy (non-hydrogen) atoms. The van der Waals surface area contributed by atoms with Crippen molar-refractivity contribution in [2.75, 3.05) is 5.75 Å². The lowest BCUT2D eigenvalue weighted by atomic mass is 10.0. The quantitative estimate of drug-likeness (QED) is 0.103. The summed E-state index contributed by atoms with van der Waals surface area (Å²) in [6.07, 6.45) is 0.500. The van der Waals surface area contributed by atoms with Gasteiger partial charge >= 0.3 is 0 Å². The second-order valence-corrected chi connectivity index (χ2v) is 12.7. The van der Waals surface area contributed by atoms with Crippen LogP contribution in [0.2, 0.25) is 0 Å². The number of carbonyl (C=O) groups excluding carboxylic acids is 2. The SMILES string of the molecule is Cc1ccc(C)c(-n2c(CNC(=O)c3ccc([N+](=O)[O-])cc3)nnc2SCC(=O)N2N=C(c3cccs3)CC2c2ccc(F)cc2)c1. The molecule has 2 aromatic heterocycles. The molecule has 2 amide bonds. The highest BCUT2D eigenvalue weighted by Gasteiger charge is 2.34. The van der Waals surface area contributed by atoms with Gasteiger partial charge in [-0.3, -0.25) is 24.3 Å². The number of halogens is 1. The Morgan fingerprint density at radius 2 is 1.83 bits per heavy atom. The topological polar surface area (TPSA) is 136 Å². The number of nitrogens with zero attached hydrogens (tertiary/aromatic N) is 6. The number of benzene rings is 3. The van der Waals surface area contributed by atoms with Crippen LogP contribution in [0.15, 0.2) is 94.5 Å². The number of nitro benzene ring substituents is 1. The molecular weight excluding hydrogens is 642 g/mol. The maximum absolute atomic E-state index is 13.8. The molecule has 1 unspecified atom stereocenters. The maximum atomic E-state index is 13.8. The van der Waals surface area contributed by atoms with Gasteiger partial charge in [-0.1, -0.05) is 42.1 Å². The average molecular weight is 670 g/mol. The predicted octanol–water partition coefficient (Wildman–Crippen LogP) is 6.39. The van der Waals surface area contributed by atoms with Crippen LogP contribution in [0.25, 0.3) is 5.69 Å². The van der Waals surface area contributed by atoms with E-state index in [2.05, 4.69) is 15.5 Å². The van der Waals surface area contributed by atoms with Crippen molar-refractivity contribution in [1.29, 1.82) is 0 Å². The fourth-order valence-corrected chi connectivity index (χ4v) is 6.71. The van der Waals surface area contributed by atoms with Gasteiger partial charge in [0.1, 0.15) is 5.82 Å². The lowest BCUT2D eigenvalue weighted by molar-refractivity contribution is -0.384. The summed E-state index contributed by atoms with van der Waals surface area (Å²) < 4.78 is 15.5. The first-order chi connectivity index (χ1) is 22.7. The van der Waals surface area contributed by atoms with Crippen molar-refractivity contribution in [2.45, 2.75) is 38.0 Å². The minimum absolute atomic E-state index is 0.00291. The molecule has 0 spiro atoms. The number of thiophene rings is 1. The third-order valence-corrected chi connectivity index (χ3v) is 9.44. The van der Waals surface area contributed by atoms with Gasteiger partial charge < -0.3 is 5.32 Å². The Morgan fingerprint density at radius 3 is 2.53 bits per heavy atom. The zero-order valence-corrected chi connectivity index (χ0v) is 26.9. The molecule has 11 nitrogen and oxygen atoms in total. The van der Waals surface area contributed by atoms with Crippen molar-refractivity contribution in [3.8, 4) is 5.69 Å². The standard InChI is InChI=1S/C33H28FN7O4S2/c1-20-5-6-21(2)27(16-20)39-30(18-35-32(43)23-9-13-25(14-10-23)41(44)45)36-37-33(39)47-19-31(42)40-28(22-7-11-24(34)12-8-22)17-26(38-40)29-4-3-15-46-29/h3-16,28H,17-19H2,1-2H3,(H,35,43). The molecule has 1 atom stereocenters. The van der Waals surface area contributed by atoms with Crippen molar-refractivity contribution < 1.29 is 18.9 Å². The molecule has 1 aliphatic rings. The second kappa shape index (κ2) is 13.6.